The molecule has 0 aliphatic carbocycles. The maximum Gasteiger partial charge on any atom is 0.237 e. The smallest absolute Gasteiger partial charge is 0.237 e. The summed E-state index contributed by atoms with van der Waals surface area (Å²) in [7, 11) is 0. The van der Waals surface area contributed by atoms with E-state index in [0.717, 1.165) is 38.1 Å². The fourth-order valence-electron chi connectivity index (χ4n) is 3.20. The van der Waals surface area contributed by atoms with Gasteiger partial charge in [0.1, 0.15) is 0 Å². The number of hydrogen-bond acceptors (Lipinski definition) is 6. The van der Waals surface area contributed by atoms with E-state index in [9.17, 15) is 4.79 Å². The number of nitrogens with zero attached hydrogens (tertiary/aromatic N) is 5. The number of tetrazole rings is 1. The van der Waals surface area contributed by atoms with E-state index in [4.69, 9.17) is 4.74 Å². The first kappa shape index (κ1) is 15.6. The van der Waals surface area contributed by atoms with Crippen LogP contribution in [0, 0.1) is 0 Å². The van der Waals surface area contributed by atoms with Crippen molar-refractivity contribution >= 4 is 23.4 Å². The molecule has 1 saturated heterocycles. The molecule has 1 aromatic carbocycles. The number of carbonyl (C=O) groups excluding carboxylic acids is 1. The Hall–Kier alpha value is -1.93. The van der Waals surface area contributed by atoms with Crippen molar-refractivity contribution in [2.75, 3.05) is 23.8 Å². The number of amides is 1. The van der Waals surface area contributed by atoms with E-state index in [1.807, 2.05) is 23.1 Å². The highest BCUT2D eigenvalue weighted by molar-refractivity contribution is 7.99. The molecule has 4 rings (SSSR count). The first-order chi connectivity index (χ1) is 11.8. The van der Waals surface area contributed by atoms with Crippen LogP contribution >= 0.6 is 11.8 Å². The van der Waals surface area contributed by atoms with E-state index in [1.165, 1.54) is 17.3 Å². The summed E-state index contributed by atoms with van der Waals surface area (Å²) in [5.74, 6) is 0.428. The summed E-state index contributed by atoms with van der Waals surface area (Å²) in [5.41, 5.74) is 2.26. The Morgan fingerprint density at radius 2 is 2.29 bits per heavy atom. The minimum Gasteiger partial charge on any atom is -0.376 e. The third-order valence-electron chi connectivity index (χ3n) is 4.41. The van der Waals surface area contributed by atoms with E-state index < -0.39 is 0 Å². The second-order valence-electron chi connectivity index (χ2n) is 5.99. The van der Waals surface area contributed by atoms with Crippen LogP contribution in [-0.4, -0.2) is 51.1 Å². The van der Waals surface area contributed by atoms with E-state index in [2.05, 4.69) is 21.6 Å². The highest BCUT2D eigenvalue weighted by atomic mass is 32.2. The lowest BCUT2D eigenvalue weighted by atomic mass is 10.2. The summed E-state index contributed by atoms with van der Waals surface area (Å²) in [6.45, 7) is 2.21. The van der Waals surface area contributed by atoms with Crippen molar-refractivity contribution in [2.45, 2.75) is 37.1 Å². The molecule has 1 atom stereocenters. The lowest BCUT2D eigenvalue weighted by Gasteiger charge is -2.17. The van der Waals surface area contributed by atoms with Gasteiger partial charge in [-0.05, 0) is 41.3 Å². The normalized spacial score (nSPS) is 19.7. The number of fused-ring (bicyclic) bond motifs is 1. The van der Waals surface area contributed by atoms with Crippen LogP contribution < -0.4 is 4.90 Å². The zero-order valence-electron chi connectivity index (χ0n) is 13.3. The first-order valence-corrected chi connectivity index (χ1v) is 9.18. The average molecular weight is 345 g/mol. The van der Waals surface area contributed by atoms with Gasteiger partial charge in [-0.25, -0.2) is 4.68 Å². The number of benzene rings is 1. The maximum atomic E-state index is 12.6. The molecule has 2 aliphatic rings. The van der Waals surface area contributed by atoms with Gasteiger partial charge >= 0.3 is 0 Å². The topological polar surface area (TPSA) is 73.1 Å². The summed E-state index contributed by atoms with van der Waals surface area (Å²) < 4.78 is 7.37. The van der Waals surface area contributed by atoms with Crippen LogP contribution in [0.25, 0.3) is 0 Å². The number of para-hydroxylation sites is 1. The minimum absolute atomic E-state index is 0.0941. The summed E-state index contributed by atoms with van der Waals surface area (Å²) in [5, 5.41) is 12.5. The molecule has 1 fully saturated rings. The molecular weight excluding hydrogens is 326 g/mol. The molecule has 2 aliphatic heterocycles. The van der Waals surface area contributed by atoms with Crippen molar-refractivity contribution in [1.82, 2.24) is 20.2 Å². The molecule has 0 radical (unpaired) electrons. The number of ether oxygens (including phenoxy) is 1. The van der Waals surface area contributed by atoms with Gasteiger partial charge in [-0.1, -0.05) is 30.0 Å². The lowest BCUT2D eigenvalue weighted by Crippen LogP contribution is -2.30. The summed E-state index contributed by atoms with van der Waals surface area (Å²) in [6, 6.07) is 8.07. The molecule has 0 unspecified atom stereocenters. The molecule has 3 heterocycles. The van der Waals surface area contributed by atoms with Crippen LogP contribution in [-0.2, 0) is 22.5 Å². The fraction of sp³-hybridized carbons (Fsp3) is 0.500. The Balaban J connectivity index is 1.37. The third kappa shape index (κ3) is 3.16. The van der Waals surface area contributed by atoms with Crippen LogP contribution in [0.3, 0.4) is 0 Å². The van der Waals surface area contributed by atoms with Gasteiger partial charge in [0.05, 0.1) is 18.4 Å². The maximum absolute atomic E-state index is 12.6. The summed E-state index contributed by atoms with van der Waals surface area (Å²) >= 11 is 1.39. The zero-order valence-corrected chi connectivity index (χ0v) is 14.1. The largest absolute Gasteiger partial charge is 0.376 e. The van der Waals surface area contributed by atoms with Gasteiger partial charge in [0.2, 0.25) is 11.1 Å². The predicted molar refractivity (Wildman–Crippen MR) is 90.0 cm³/mol. The van der Waals surface area contributed by atoms with Gasteiger partial charge in [0, 0.05) is 18.8 Å². The molecule has 0 N–H and O–H groups in total. The second-order valence-corrected chi connectivity index (χ2v) is 6.93. The number of aromatic nitrogens is 4. The molecule has 8 heteroatoms. The van der Waals surface area contributed by atoms with E-state index in [-0.39, 0.29) is 12.0 Å². The Kier molecular flexibility index (Phi) is 4.48. The van der Waals surface area contributed by atoms with Gasteiger partial charge in [-0.2, -0.15) is 0 Å². The highest BCUT2D eigenvalue weighted by Crippen LogP contribution is 2.28. The predicted octanol–water partition coefficient (Wildman–Crippen LogP) is 1.53. The number of anilines is 1. The van der Waals surface area contributed by atoms with Crippen LogP contribution in [0.4, 0.5) is 5.69 Å². The van der Waals surface area contributed by atoms with Crippen molar-refractivity contribution < 1.29 is 9.53 Å². The van der Waals surface area contributed by atoms with Crippen LogP contribution in [0.2, 0.25) is 0 Å². The van der Waals surface area contributed by atoms with Gasteiger partial charge in [-0.3, -0.25) is 4.79 Å². The number of rotatable bonds is 5. The molecule has 2 aromatic rings. The van der Waals surface area contributed by atoms with Crippen molar-refractivity contribution in [2.24, 2.45) is 0 Å². The van der Waals surface area contributed by atoms with E-state index >= 15 is 0 Å². The summed E-state index contributed by atoms with van der Waals surface area (Å²) in [6.07, 6.45) is 3.22. The van der Waals surface area contributed by atoms with Crippen molar-refractivity contribution in [1.29, 1.82) is 0 Å². The Bertz CT molecular complexity index is 729. The summed E-state index contributed by atoms with van der Waals surface area (Å²) in [4.78, 5) is 14.4. The molecule has 0 spiro atoms. The molecular formula is C16H19N5O2S. The Morgan fingerprint density at radius 1 is 1.38 bits per heavy atom. The average Bonchev–Trinajstić information content (AvgIpc) is 3.34. The fourth-order valence-corrected chi connectivity index (χ4v) is 3.96. The van der Waals surface area contributed by atoms with Crippen molar-refractivity contribution in [3.05, 3.63) is 29.8 Å². The SMILES string of the molecule is O=C(CSc1nnnn1C[C@@H]1CCCO1)N1CCc2ccccc21. The lowest BCUT2D eigenvalue weighted by molar-refractivity contribution is -0.116. The van der Waals surface area contributed by atoms with Gasteiger partial charge < -0.3 is 9.64 Å². The Morgan fingerprint density at radius 3 is 3.17 bits per heavy atom. The molecule has 126 valence electrons. The van der Waals surface area contributed by atoms with Gasteiger partial charge in [0.15, 0.2) is 0 Å². The Labute approximate surface area is 144 Å². The third-order valence-corrected chi connectivity index (χ3v) is 5.35. The van der Waals surface area contributed by atoms with Crippen molar-refractivity contribution in [3.8, 4) is 0 Å². The minimum atomic E-state index is 0.0941. The number of thioether (sulfide) groups is 1. The molecule has 0 saturated carbocycles. The second kappa shape index (κ2) is 6.90. The van der Waals surface area contributed by atoms with Crippen LogP contribution in [0.1, 0.15) is 18.4 Å². The molecule has 7 nitrogen and oxygen atoms in total. The molecule has 24 heavy (non-hydrogen) atoms. The standard InChI is InChI=1S/C16H19N5O2S/c22-15(20-8-7-12-4-1-2-6-14(12)20)11-24-16-17-18-19-21(16)10-13-5-3-9-23-13/h1-2,4,6,13H,3,5,7-11H2/t13-/m0/s1. The van der Waals surface area contributed by atoms with Gasteiger partial charge in [0.25, 0.3) is 0 Å². The van der Waals surface area contributed by atoms with Gasteiger partial charge in [-0.15, -0.1) is 5.10 Å². The van der Waals surface area contributed by atoms with E-state index in [0.29, 0.717) is 17.5 Å². The quantitative estimate of drug-likeness (QED) is 0.765. The highest BCUT2D eigenvalue weighted by Gasteiger charge is 2.25. The molecule has 1 amide bonds. The van der Waals surface area contributed by atoms with Crippen LogP contribution in [0.5, 0.6) is 0 Å². The number of hydrogen-bond donors (Lipinski definition) is 0. The first-order valence-electron chi connectivity index (χ1n) is 8.20. The van der Waals surface area contributed by atoms with Crippen LogP contribution in [0.15, 0.2) is 29.4 Å². The monoisotopic (exact) mass is 345 g/mol. The molecule has 0 bridgehead atoms. The van der Waals surface area contributed by atoms with Crippen molar-refractivity contribution in [3.63, 3.8) is 0 Å². The zero-order chi connectivity index (χ0) is 16.4. The number of carbonyl (C=O) groups is 1. The van der Waals surface area contributed by atoms with E-state index in [1.54, 1.807) is 4.68 Å². The molecule has 1 aromatic heterocycles.